The third-order valence-electron chi connectivity index (χ3n) is 4.81. The summed E-state index contributed by atoms with van der Waals surface area (Å²) in [4.78, 5) is 0. The van der Waals surface area contributed by atoms with Crippen LogP contribution in [0, 0.1) is 0 Å². The topological polar surface area (TPSA) is 0 Å². The van der Waals surface area contributed by atoms with E-state index in [0.717, 1.165) is 3.63 Å². The van der Waals surface area contributed by atoms with Crippen LogP contribution in [-0.4, -0.2) is 3.71 Å². The van der Waals surface area contributed by atoms with E-state index < -0.39 is 22.8 Å². The number of fused-ring (bicyclic) bond motifs is 2. The molecule has 4 rings (SSSR count). The van der Waals surface area contributed by atoms with Crippen LogP contribution < -0.4 is 0 Å². The van der Waals surface area contributed by atoms with E-state index in [2.05, 4.69) is 83.5 Å². The maximum atomic E-state index is 2.50. The van der Waals surface area contributed by atoms with Gasteiger partial charge in [0.25, 0.3) is 0 Å². The van der Waals surface area contributed by atoms with E-state index in [1.54, 1.807) is 0 Å². The van der Waals surface area contributed by atoms with Gasteiger partial charge in [-0.3, -0.25) is 0 Å². The van der Waals surface area contributed by atoms with Crippen LogP contribution in [0.25, 0.3) is 12.2 Å². The number of allylic oxidation sites excluding steroid dienone is 2. The molecule has 2 aliphatic rings. The maximum absolute atomic E-state index is 2.50. The van der Waals surface area contributed by atoms with Crippen molar-refractivity contribution in [1.82, 2.24) is 0 Å². The predicted molar refractivity (Wildman–Crippen MR) is 91.9 cm³/mol. The van der Waals surface area contributed by atoms with Crippen LogP contribution in [0.3, 0.4) is 0 Å². The summed E-state index contributed by atoms with van der Waals surface area (Å²) >= 11 is -0.538. The van der Waals surface area contributed by atoms with Gasteiger partial charge in [-0.1, -0.05) is 0 Å². The molecule has 0 amide bonds. The van der Waals surface area contributed by atoms with E-state index in [4.69, 9.17) is 0 Å². The van der Waals surface area contributed by atoms with Crippen molar-refractivity contribution in [3.05, 3.63) is 82.9 Å². The second-order valence-corrected chi connectivity index (χ2v) is 9.89. The third-order valence-corrected chi connectivity index (χ3v) is 8.34. The predicted octanol–water partition coefficient (Wildman–Crippen LogP) is 5.30. The van der Waals surface area contributed by atoms with E-state index in [-0.39, 0.29) is 0 Å². The molecule has 1 heteroatoms. The fourth-order valence-electron chi connectivity index (χ4n) is 3.80. The summed E-state index contributed by atoms with van der Waals surface area (Å²) < 4.78 is 3.27. The minimum absolute atomic E-state index is 0.538. The number of hydrogen-bond donors (Lipinski definition) is 0. The molecule has 2 aromatic rings. The zero-order valence-electron chi connectivity index (χ0n) is 12.7. The van der Waals surface area contributed by atoms with Gasteiger partial charge in [0, 0.05) is 0 Å². The molecule has 0 heterocycles. The first-order chi connectivity index (χ1) is 10.9. The Morgan fingerprint density at radius 1 is 0.818 bits per heavy atom. The summed E-state index contributed by atoms with van der Waals surface area (Å²) in [6.07, 6.45) is 9.56. The SMILES string of the molecule is C[CH]=[Zr][CH](C1C=Cc2ccccc21)C1C=Cc2ccccc21. The summed E-state index contributed by atoms with van der Waals surface area (Å²) in [5.74, 6) is 1.19. The second kappa shape index (κ2) is 6.05. The second-order valence-electron chi connectivity index (χ2n) is 6.01. The molecule has 22 heavy (non-hydrogen) atoms. The first kappa shape index (κ1) is 14.3. The average molecular weight is 363 g/mol. The Kier molecular flexibility index (Phi) is 3.93. The molecule has 107 valence electrons. The Morgan fingerprint density at radius 3 is 1.82 bits per heavy atom. The minimum atomic E-state index is -0.538. The number of hydrogen-bond acceptors (Lipinski definition) is 0. The van der Waals surface area contributed by atoms with Crippen molar-refractivity contribution in [2.75, 3.05) is 0 Å². The van der Waals surface area contributed by atoms with Crippen LogP contribution in [0.2, 0.25) is 3.63 Å². The molecule has 0 aliphatic heterocycles. The van der Waals surface area contributed by atoms with Crippen molar-refractivity contribution in [1.29, 1.82) is 0 Å². The zero-order valence-corrected chi connectivity index (χ0v) is 15.2. The van der Waals surface area contributed by atoms with Crippen molar-refractivity contribution < 1.29 is 22.8 Å². The monoisotopic (exact) mass is 361 g/mol. The van der Waals surface area contributed by atoms with Crippen molar-refractivity contribution in [2.24, 2.45) is 0 Å². The van der Waals surface area contributed by atoms with Crippen molar-refractivity contribution in [3.8, 4) is 0 Å². The molecule has 0 saturated carbocycles. The molecule has 2 aliphatic carbocycles. The van der Waals surface area contributed by atoms with Crippen LogP contribution in [-0.2, 0) is 22.8 Å². The zero-order chi connectivity index (χ0) is 14.9. The fourth-order valence-corrected chi connectivity index (χ4v) is 7.20. The van der Waals surface area contributed by atoms with E-state index in [0.29, 0.717) is 11.8 Å². The van der Waals surface area contributed by atoms with Gasteiger partial charge in [-0.05, 0) is 0 Å². The number of rotatable bonds is 3. The van der Waals surface area contributed by atoms with E-state index >= 15 is 0 Å². The molecule has 0 bridgehead atoms. The Labute approximate surface area is 143 Å². The normalized spacial score (nSPS) is 22.6. The fraction of sp³-hybridized carbons (Fsp3) is 0.190. The number of benzene rings is 2. The first-order valence-corrected chi connectivity index (χ1v) is 10.8. The van der Waals surface area contributed by atoms with Gasteiger partial charge in [0.2, 0.25) is 0 Å². The molecule has 0 N–H and O–H groups in total. The van der Waals surface area contributed by atoms with E-state index in [1.807, 2.05) is 0 Å². The van der Waals surface area contributed by atoms with Crippen molar-refractivity contribution in [3.63, 3.8) is 0 Å². The Morgan fingerprint density at radius 2 is 1.32 bits per heavy atom. The molecule has 0 radical (unpaired) electrons. The molecule has 2 aromatic carbocycles. The van der Waals surface area contributed by atoms with Gasteiger partial charge < -0.3 is 0 Å². The van der Waals surface area contributed by atoms with E-state index in [1.165, 1.54) is 22.3 Å². The molecule has 0 fully saturated rings. The molecular formula is C21H19Zr. The molecular weight excluding hydrogens is 343 g/mol. The summed E-state index contributed by atoms with van der Waals surface area (Å²) in [6.45, 7) is 2.26. The Balaban J connectivity index is 1.75. The van der Waals surface area contributed by atoms with Crippen LogP contribution in [0.1, 0.15) is 41.0 Å². The standard InChI is InChI=1S/C19H15.C2H4.Zr/c1-3-7-18-14(5-1)9-11-16(18)13-17-12-10-15-6-2-4-8-19(15)17;1-2;/h1-13,16-17H;1H,2H3;. The summed E-state index contributed by atoms with van der Waals surface area (Å²) in [6, 6.07) is 17.8. The Bertz CT molecular complexity index is 720. The molecule has 0 aromatic heterocycles. The van der Waals surface area contributed by atoms with Gasteiger partial charge in [-0.2, -0.15) is 0 Å². The molecule has 0 nitrogen and oxygen atoms in total. The van der Waals surface area contributed by atoms with Crippen LogP contribution in [0.4, 0.5) is 0 Å². The van der Waals surface area contributed by atoms with Gasteiger partial charge in [-0.25, -0.2) is 0 Å². The first-order valence-electron chi connectivity index (χ1n) is 7.96. The summed E-state index contributed by atoms with van der Waals surface area (Å²) in [5, 5.41) is 0. The molecule has 0 spiro atoms. The van der Waals surface area contributed by atoms with Crippen LogP contribution in [0.5, 0.6) is 0 Å². The average Bonchev–Trinajstić information content (AvgIpc) is 3.17. The van der Waals surface area contributed by atoms with E-state index in [9.17, 15) is 0 Å². The molecule has 2 atom stereocenters. The van der Waals surface area contributed by atoms with Crippen LogP contribution in [0.15, 0.2) is 60.7 Å². The van der Waals surface area contributed by atoms with Gasteiger partial charge in [-0.15, -0.1) is 0 Å². The third kappa shape index (κ3) is 2.36. The molecule has 2 unspecified atom stereocenters. The van der Waals surface area contributed by atoms with Gasteiger partial charge in [0.15, 0.2) is 0 Å². The molecule has 0 saturated heterocycles. The quantitative estimate of drug-likeness (QED) is 0.695. The van der Waals surface area contributed by atoms with Crippen molar-refractivity contribution in [2.45, 2.75) is 22.4 Å². The van der Waals surface area contributed by atoms with Crippen LogP contribution >= 0.6 is 0 Å². The summed E-state index contributed by atoms with van der Waals surface area (Å²) in [7, 11) is 0. The van der Waals surface area contributed by atoms with Gasteiger partial charge in [0.05, 0.1) is 0 Å². The van der Waals surface area contributed by atoms with Crippen molar-refractivity contribution >= 4 is 15.9 Å². The van der Waals surface area contributed by atoms with Gasteiger partial charge in [0.1, 0.15) is 0 Å². The summed E-state index contributed by atoms with van der Waals surface area (Å²) in [5.41, 5.74) is 5.91. The van der Waals surface area contributed by atoms with Gasteiger partial charge >= 0.3 is 144 Å². The Hall–Kier alpha value is -1.33.